The van der Waals surface area contributed by atoms with Gasteiger partial charge >= 0.3 is 0 Å². The van der Waals surface area contributed by atoms with E-state index in [1.807, 2.05) is 13.8 Å². The summed E-state index contributed by atoms with van der Waals surface area (Å²) in [5.74, 6) is -0.462. The number of hydrogen-bond donors (Lipinski definition) is 2. The summed E-state index contributed by atoms with van der Waals surface area (Å²) in [5, 5.41) is 18.0. The molecular weight excluding hydrogens is 210 g/mol. The van der Waals surface area contributed by atoms with Crippen molar-refractivity contribution in [2.75, 3.05) is 13.2 Å². The molecule has 0 bridgehead atoms. The van der Waals surface area contributed by atoms with Gasteiger partial charge in [-0.25, -0.2) is 0 Å². The monoisotopic (exact) mass is 229 g/mol. The summed E-state index contributed by atoms with van der Waals surface area (Å²) < 4.78 is 0. The lowest BCUT2D eigenvalue weighted by Crippen LogP contribution is -2.41. The molecule has 0 aromatic heterocycles. The zero-order chi connectivity index (χ0) is 12.3. The normalized spacial score (nSPS) is 21.6. The topological polar surface area (TPSA) is 77.8 Å². The van der Waals surface area contributed by atoms with Crippen LogP contribution in [0.25, 0.3) is 0 Å². The van der Waals surface area contributed by atoms with Crippen LogP contribution < -0.4 is 0 Å². The third kappa shape index (κ3) is 2.10. The first-order chi connectivity index (χ1) is 7.50. The maximum atomic E-state index is 12.1. The number of hydrogen-bond acceptors (Lipinski definition) is 4. The first-order valence-electron chi connectivity index (χ1n) is 5.64. The fourth-order valence-corrected chi connectivity index (χ4v) is 2.12. The second kappa shape index (κ2) is 4.93. The molecule has 0 saturated carbocycles. The second-order valence-electron chi connectivity index (χ2n) is 4.31. The van der Waals surface area contributed by atoms with Gasteiger partial charge in [0.25, 0.3) is 0 Å². The molecule has 1 aliphatic heterocycles. The lowest BCUT2D eigenvalue weighted by molar-refractivity contribution is -0.143. The van der Waals surface area contributed by atoms with Gasteiger partial charge in [-0.15, -0.1) is 0 Å². The van der Waals surface area contributed by atoms with Crippen molar-refractivity contribution >= 4 is 11.8 Å². The molecule has 0 aromatic carbocycles. The predicted molar refractivity (Wildman–Crippen MR) is 57.4 cm³/mol. The number of carbonyl (C=O) groups excluding carboxylic acids is 2. The van der Waals surface area contributed by atoms with E-state index < -0.39 is 18.1 Å². The molecular formula is C11H19NO4. The maximum absolute atomic E-state index is 12.1. The molecule has 1 rings (SSSR count). The van der Waals surface area contributed by atoms with E-state index in [1.165, 1.54) is 0 Å². The fourth-order valence-electron chi connectivity index (χ4n) is 2.12. The summed E-state index contributed by atoms with van der Waals surface area (Å²) >= 11 is 0. The van der Waals surface area contributed by atoms with E-state index in [1.54, 1.807) is 0 Å². The van der Waals surface area contributed by atoms with E-state index in [2.05, 4.69) is 0 Å². The summed E-state index contributed by atoms with van der Waals surface area (Å²) in [4.78, 5) is 24.8. The first-order valence-corrected chi connectivity index (χ1v) is 5.64. The molecule has 2 amide bonds. The molecule has 92 valence electrons. The van der Waals surface area contributed by atoms with Gasteiger partial charge in [-0.3, -0.25) is 14.5 Å². The van der Waals surface area contributed by atoms with E-state index in [-0.39, 0.29) is 24.8 Å². The summed E-state index contributed by atoms with van der Waals surface area (Å²) in [6.07, 6.45) is 0.425. The minimum absolute atomic E-state index is 0.101. The number of carbonyl (C=O) groups is 2. The smallest absolute Gasteiger partial charge is 0.235 e. The maximum Gasteiger partial charge on any atom is 0.235 e. The molecule has 0 aliphatic carbocycles. The van der Waals surface area contributed by atoms with Crippen LogP contribution >= 0.6 is 0 Å². The molecule has 0 spiro atoms. The quantitative estimate of drug-likeness (QED) is 0.646. The van der Waals surface area contributed by atoms with Crippen molar-refractivity contribution in [1.29, 1.82) is 0 Å². The Hall–Kier alpha value is -0.940. The van der Waals surface area contributed by atoms with Crippen LogP contribution in [-0.2, 0) is 9.59 Å². The summed E-state index contributed by atoms with van der Waals surface area (Å²) in [6, 6.07) is 0. The van der Waals surface area contributed by atoms with Crippen molar-refractivity contribution in [2.45, 2.75) is 39.2 Å². The van der Waals surface area contributed by atoms with Gasteiger partial charge in [0.05, 0.1) is 24.7 Å². The van der Waals surface area contributed by atoms with Gasteiger partial charge in [-0.1, -0.05) is 13.8 Å². The zero-order valence-corrected chi connectivity index (χ0v) is 9.77. The molecule has 1 atom stereocenters. The molecule has 1 unspecified atom stereocenters. The van der Waals surface area contributed by atoms with Gasteiger partial charge in [-0.2, -0.15) is 0 Å². The predicted octanol–water partition coefficient (Wildman–Crippen LogP) is -0.0951. The zero-order valence-electron chi connectivity index (χ0n) is 9.77. The molecule has 1 heterocycles. The first kappa shape index (κ1) is 13.1. The highest BCUT2D eigenvalue weighted by Gasteiger charge is 2.49. The highest BCUT2D eigenvalue weighted by molar-refractivity contribution is 6.05. The average Bonchev–Trinajstić information content (AvgIpc) is 2.53. The Morgan fingerprint density at radius 2 is 1.94 bits per heavy atom. The fraction of sp³-hybridized carbons (Fsp3) is 0.818. The van der Waals surface area contributed by atoms with E-state index in [9.17, 15) is 14.7 Å². The van der Waals surface area contributed by atoms with Crippen molar-refractivity contribution in [3.8, 4) is 0 Å². The Kier molecular flexibility index (Phi) is 4.04. The Morgan fingerprint density at radius 3 is 2.31 bits per heavy atom. The molecule has 1 fully saturated rings. The minimum atomic E-state index is -1.04. The van der Waals surface area contributed by atoms with E-state index in [0.717, 1.165) is 4.90 Å². The lowest BCUT2D eigenvalue weighted by atomic mass is 9.81. The Morgan fingerprint density at radius 1 is 1.38 bits per heavy atom. The SMILES string of the molecule is CCC1(CC)CC(=O)N(CC(O)CO)C1=O. The van der Waals surface area contributed by atoms with Crippen LogP contribution in [0.15, 0.2) is 0 Å². The number of nitrogens with zero attached hydrogens (tertiary/aromatic N) is 1. The van der Waals surface area contributed by atoms with Gasteiger partial charge in [0, 0.05) is 6.42 Å². The minimum Gasteiger partial charge on any atom is -0.394 e. The number of aliphatic hydroxyl groups excluding tert-OH is 2. The van der Waals surface area contributed by atoms with Crippen LogP contribution in [0.1, 0.15) is 33.1 Å². The van der Waals surface area contributed by atoms with Crippen LogP contribution in [0.3, 0.4) is 0 Å². The van der Waals surface area contributed by atoms with Gasteiger partial charge < -0.3 is 10.2 Å². The standard InChI is InChI=1S/C11H19NO4/c1-3-11(4-2)5-9(15)12(10(11)16)6-8(14)7-13/h8,13-14H,3-7H2,1-2H3. The van der Waals surface area contributed by atoms with Gasteiger partial charge in [-0.05, 0) is 12.8 Å². The van der Waals surface area contributed by atoms with Crippen LogP contribution in [0.2, 0.25) is 0 Å². The Labute approximate surface area is 95.1 Å². The number of aliphatic hydroxyl groups is 2. The van der Waals surface area contributed by atoms with E-state index in [4.69, 9.17) is 5.11 Å². The summed E-state index contributed by atoms with van der Waals surface area (Å²) in [7, 11) is 0. The second-order valence-corrected chi connectivity index (χ2v) is 4.31. The molecule has 16 heavy (non-hydrogen) atoms. The van der Waals surface area contributed by atoms with Crippen LogP contribution in [0.5, 0.6) is 0 Å². The summed E-state index contributed by atoms with van der Waals surface area (Å²) in [5.41, 5.74) is -0.591. The summed E-state index contributed by atoms with van der Waals surface area (Å²) in [6.45, 7) is 3.24. The largest absolute Gasteiger partial charge is 0.394 e. The van der Waals surface area contributed by atoms with Crippen molar-refractivity contribution in [1.82, 2.24) is 4.90 Å². The van der Waals surface area contributed by atoms with Gasteiger partial charge in [0.2, 0.25) is 11.8 Å². The number of β-amino-alcohol motifs (C(OH)–C–C–N with tert-alkyl or cyclic N) is 1. The van der Waals surface area contributed by atoms with Crippen molar-refractivity contribution in [3.63, 3.8) is 0 Å². The molecule has 0 radical (unpaired) electrons. The Balaban J connectivity index is 2.82. The Bertz CT molecular complexity index is 286. The molecule has 5 nitrogen and oxygen atoms in total. The van der Waals surface area contributed by atoms with Crippen LogP contribution in [0.4, 0.5) is 0 Å². The molecule has 0 aromatic rings. The van der Waals surface area contributed by atoms with Crippen molar-refractivity contribution < 1.29 is 19.8 Å². The highest BCUT2D eigenvalue weighted by atomic mass is 16.3. The molecule has 1 saturated heterocycles. The van der Waals surface area contributed by atoms with Crippen LogP contribution in [0, 0.1) is 5.41 Å². The molecule has 1 aliphatic rings. The molecule has 2 N–H and O–H groups in total. The number of amides is 2. The third-order valence-corrected chi connectivity index (χ3v) is 3.45. The van der Waals surface area contributed by atoms with E-state index in [0.29, 0.717) is 12.8 Å². The number of rotatable bonds is 5. The van der Waals surface area contributed by atoms with Gasteiger partial charge in [0.1, 0.15) is 0 Å². The number of imide groups is 1. The van der Waals surface area contributed by atoms with Crippen molar-refractivity contribution in [2.24, 2.45) is 5.41 Å². The van der Waals surface area contributed by atoms with Gasteiger partial charge in [0.15, 0.2) is 0 Å². The average molecular weight is 229 g/mol. The lowest BCUT2D eigenvalue weighted by Gasteiger charge is -2.24. The molecule has 5 heteroatoms. The number of likely N-dealkylation sites (tertiary alicyclic amines) is 1. The third-order valence-electron chi connectivity index (χ3n) is 3.45. The van der Waals surface area contributed by atoms with Crippen molar-refractivity contribution in [3.05, 3.63) is 0 Å². The van der Waals surface area contributed by atoms with E-state index >= 15 is 0 Å². The highest BCUT2D eigenvalue weighted by Crippen LogP contribution is 2.39. The van der Waals surface area contributed by atoms with Crippen LogP contribution in [-0.4, -0.2) is 46.2 Å².